The Morgan fingerprint density at radius 2 is 1.81 bits per heavy atom. The van der Waals surface area contributed by atoms with Crippen molar-refractivity contribution in [2.24, 2.45) is 5.92 Å². The van der Waals surface area contributed by atoms with Crippen molar-refractivity contribution in [3.05, 3.63) is 63.2 Å². The van der Waals surface area contributed by atoms with Crippen molar-refractivity contribution in [3.8, 4) is 5.75 Å². The van der Waals surface area contributed by atoms with Gasteiger partial charge in [-0.05, 0) is 50.0 Å². The molecule has 1 N–H and O–H groups in total. The van der Waals surface area contributed by atoms with Gasteiger partial charge in [0.25, 0.3) is 0 Å². The van der Waals surface area contributed by atoms with Crippen LogP contribution in [0.4, 0.5) is 0 Å². The van der Waals surface area contributed by atoms with Crippen molar-refractivity contribution in [2.45, 2.75) is 76.5 Å². The van der Waals surface area contributed by atoms with Crippen LogP contribution in [0.1, 0.15) is 92.6 Å². The zero-order valence-corrected chi connectivity index (χ0v) is 16.2. The number of hydrogen-bond donors (Lipinski definition) is 1. The Kier molecular flexibility index (Phi) is 5.38. The van der Waals surface area contributed by atoms with E-state index in [1.165, 1.54) is 19.3 Å². The van der Waals surface area contributed by atoms with Crippen LogP contribution in [0.15, 0.2) is 39.5 Å². The lowest BCUT2D eigenvalue weighted by atomic mass is 9.85. The minimum absolute atomic E-state index is 0.0551. The van der Waals surface area contributed by atoms with E-state index in [9.17, 15) is 9.90 Å². The van der Waals surface area contributed by atoms with E-state index in [-0.39, 0.29) is 23.2 Å². The van der Waals surface area contributed by atoms with Crippen molar-refractivity contribution in [3.63, 3.8) is 0 Å². The molecule has 1 heterocycles. The third kappa shape index (κ3) is 3.69. The van der Waals surface area contributed by atoms with Crippen molar-refractivity contribution in [1.82, 2.24) is 0 Å². The average Bonchev–Trinajstić information content (AvgIpc) is 3.50. The van der Waals surface area contributed by atoms with Gasteiger partial charge in [-0.3, -0.25) is 0 Å². The molecule has 27 heavy (non-hydrogen) atoms. The van der Waals surface area contributed by atoms with Crippen LogP contribution in [0.5, 0.6) is 5.75 Å². The summed E-state index contributed by atoms with van der Waals surface area (Å²) in [5, 5.41) is 11.3. The molecular weight excluding hydrogens is 336 g/mol. The third-order valence-corrected chi connectivity index (χ3v) is 6.42. The molecule has 1 saturated carbocycles. The molecule has 0 saturated heterocycles. The number of aromatic hydroxyl groups is 1. The highest BCUT2D eigenvalue weighted by Crippen LogP contribution is 2.49. The van der Waals surface area contributed by atoms with E-state index in [2.05, 4.69) is 19.1 Å². The maximum Gasteiger partial charge on any atom is 0.343 e. The second-order valence-corrected chi connectivity index (χ2v) is 8.28. The zero-order chi connectivity index (χ0) is 18.8. The van der Waals surface area contributed by atoms with Gasteiger partial charge in [0.2, 0.25) is 0 Å². The van der Waals surface area contributed by atoms with Gasteiger partial charge in [-0.15, -0.1) is 0 Å². The van der Waals surface area contributed by atoms with Gasteiger partial charge in [-0.1, -0.05) is 56.5 Å². The van der Waals surface area contributed by atoms with Crippen LogP contribution in [0.25, 0.3) is 0 Å². The van der Waals surface area contributed by atoms with Crippen molar-refractivity contribution in [1.29, 1.82) is 0 Å². The quantitative estimate of drug-likeness (QED) is 0.734. The van der Waals surface area contributed by atoms with Gasteiger partial charge < -0.3 is 9.52 Å². The SMILES string of the molecule is CCC1CCCCCCc2c1oc(=O)c(C(c1ccccc1)C1CC1)c2O. The predicted octanol–water partition coefficient (Wildman–Crippen LogP) is 5.89. The number of rotatable bonds is 4. The second-order valence-electron chi connectivity index (χ2n) is 8.28. The molecule has 0 aliphatic heterocycles. The van der Waals surface area contributed by atoms with Gasteiger partial charge in [0.1, 0.15) is 11.5 Å². The molecule has 0 radical (unpaired) electrons. The second kappa shape index (κ2) is 7.92. The highest BCUT2D eigenvalue weighted by atomic mass is 16.4. The Labute approximate surface area is 161 Å². The highest BCUT2D eigenvalue weighted by Gasteiger charge is 2.38. The summed E-state index contributed by atoms with van der Waals surface area (Å²) < 4.78 is 5.97. The minimum Gasteiger partial charge on any atom is -0.507 e. The summed E-state index contributed by atoms with van der Waals surface area (Å²) in [6.07, 6.45) is 9.60. The van der Waals surface area contributed by atoms with Crippen LogP contribution in [-0.2, 0) is 6.42 Å². The van der Waals surface area contributed by atoms with Crippen molar-refractivity contribution >= 4 is 0 Å². The summed E-state index contributed by atoms with van der Waals surface area (Å²) in [5.74, 6) is 1.59. The summed E-state index contributed by atoms with van der Waals surface area (Å²) in [4.78, 5) is 13.1. The van der Waals surface area contributed by atoms with Gasteiger partial charge in [-0.2, -0.15) is 0 Å². The maximum atomic E-state index is 13.1. The van der Waals surface area contributed by atoms with Gasteiger partial charge in [0, 0.05) is 17.4 Å². The molecule has 0 amide bonds. The molecule has 2 atom stereocenters. The first kappa shape index (κ1) is 18.3. The number of hydrogen-bond acceptors (Lipinski definition) is 3. The van der Waals surface area contributed by atoms with Gasteiger partial charge >= 0.3 is 5.63 Å². The van der Waals surface area contributed by atoms with Crippen molar-refractivity contribution < 1.29 is 9.52 Å². The first-order chi connectivity index (χ1) is 13.2. The molecule has 3 heteroatoms. The normalized spacial score (nSPS) is 21.6. The van der Waals surface area contributed by atoms with Crippen LogP contribution in [0.2, 0.25) is 0 Å². The lowest BCUT2D eigenvalue weighted by Gasteiger charge is -2.22. The van der Waals surface area contributed by atoms with Crippen LogP contribution in [-0.4, -0.2) is 5.11 Å². The molecule has 4 rings (SSSR count). The van der Waals surface area contributed by atoms with Crippen LogP contribution >= 0.6 is 0 Å². The Morgan fingerprint density at radius 1 is 1.07 bits per heavy atom. The Hall–Kier alpha value is -2.03. The average molecular weight is 367 g/mol. The Morgan fingerprint density at radius 3 is 2.52 bits per heavy atom. The largest absolute Gasteiger partial charge is 0.507 e. The molecular formula is C24H30O3. The molecule has 0 spiro atoms. The summed E-state index contributed by atoms with van der Waals surface area (Å²) >= 11 is 0. The first-order valence-corrected chi connectivity index (χ1v) is 10.6. The van der Waals surface area contributed by atoms with Gasteiger partial charge in [0.05, 0.1) is 5.56 Å². The standard InChI is InChI=1S/C24H30O3/c1-2-16-10-6-3-4-9-13-19-22(25)21(24(26)27-23(16)19)20(18-14-15-18)17-11-7-5-8-12-17/h5,7-8,11-12,16,18,20,25H,2-4,6,9-10,13-15H2,1H3. The van der Waals surface area contributed by atoms with Gasteiger partial charge in [-0.25, -0.2) is 4.79 Å². The highest BCUT2D eigenvalue weighted by molar-refractivity contribution is 5.47. The smallest absolute Gasteiger partial charge is 0.343 e. The number of benzene rings is 1. The van der Waals surface area contributed by atoms with Crippen molar-refractivity contribution in [2.75, 3.05) is 0 Å². The van der Waals surface area contributed by atoms with Crippen LogP contribution in [0.3, 0.4) is 0 Å². The predicted molar refractivity (Wildman–Crippen MR) is 107 cm³/mol. The fourth-order valence-corrected chi connectivity index (χ4v) is 4.77. The van der Waals surface area contributed by atoms with Crippen LogP contribution < -0.4 is 5.63 Å². The number of fused-ring (bicyclic) bond motifs is 1. The summed E-state index contributed by atoms with van der Waals surface area (Å²) in [6.45, 7) is 2.15. The van der Waals surface area contributed by atoms with E-state index in [1.807, 2.05) is 18.2 Å². The Balaban J connectivity index is 1.85. The van der Waals surface area contributed by atoms with E-state index < -0.39 is 0 Å². The molecule has 1 aromatic heterocycles. The summed E-state index contributed by atoms with van der Waals surface area (Å²) in [7, 11) is 0. The molecule has 1 fully saturated rings. The van der Waals surface area contributed by atoms with Gasteiger partial charge in [0.15, 0.2) is 0 Å². The lowest BCUT2D eigenvalue weighted by molar-refractivity contribution is 0.363. The van der Waals surface area contributed by atoms with E-state index in [0.717, 1.165) is 55.4 Å². The fourth-order valence-electron chi connectivity index (χ4n) is 4.77. The maximum absolute atomic E-state index is 13.1. The molecule has 0 bridgehead atoms. The molecule has 1 aromatic carbocycles. The molecule has 144 valence electrons. The molecule has 3 nitrogen and oxygen atoms in total. The van der Waals surface area contributed by atoms with Crippen LogP contribution in [0, 0.1) is 5.92 Å². The Bertz CT molecular complexity index is 833. The first-order valence-electron chi connectivity index (χ1n) is 10.6. The summed E-state index contributed by atoms with van der Waals surface area (Å²) in [5.41, 5.74) is 2.18. The van der Waals surface area contributed by atoms with E-state index in [1.54, 1.807) is 0 Å². The molecule has 2 unspecified atom stereocenters. The lowest BCUT2D eigenvalue weighted by Crippen LogP contribution is -2.19. The molecule has 2 aliphatic carbocycles. The summed E-state index contributed by atoms with van der Waals surface area (Å²) in [6, 6.07) is 10.1. The van der Waals surface area contributed by atoms with E-state index in [4.69, 9.17) is 4.42 Å². The third-order valence-electron chi connectivity index (χ3n) is 6.42. The van der Waals surface area contributed by atoms with E-state index in [0.29, 0.717) is 11.5 Å². The molecule has 2 aromatic rings. The van der Waals surface area contributed by atoms with E-state index >= 15 is 0 Å². The monoisotopic (exact) mass is 366 g/mol. The topological polar surface area (TPSA) is 50.4 Å². The zero-order valence-electron chi connectivity index (χ0n) is 16.2. The minimum atomic E-state index is -0.329. The fraction of sp³-hybridized carbons (Fsp3) is 0.542. The molecule has 2 aliphatic rings.